The molecule has 0 atom stereocenters. The summed E-state index contributed by atoms with van der Waals surface area (Å²) in [5.74, 6) is 0. The van der Waals surface area contributed by atoms with Gasteiger partial charge >= 0.3 is 0 Å². The van der Waals surface area contributed by atoms with Gasteiger partial charge in [-0.25, -0.2) is 16.8 Å². The predicted octanol–water partition coefficient (Wildman–Crippen LogP) is 2.83. The molecule has 218 valence electrons. The highest BCUT2D eigenvalue weighted by atomic mass is 32.2. The molecule has 0 saturated carbocycles. The first kappa shape index (κ1) is 31.9. The van der Waals surface area contributed by atoms with Gasteiger partial charge < -0.3 is 5.32 Å². The maximum absolute atomic E-state index is 13.1. The Bertz CT molecular complexity index is 1500. The maximum atomic E-state index is 13.1. The van der Waals surface area contributed by atoms with Gasteiger partial charge in [-0.1, -0.05) is 53.1 Å². The molecule has 0 aromatic heterocycles. The van der Waals surface area contributed by atoms with Gasteiger partial charge in [0, 0.05) is 39.3 Å². The van der Waals surface area contributed by atoms with Gasteiger partial charge in [0.15, 0.2) is 0 Å². The molecule has 3 aromatic carbocycles. The summed E-state index contributed by atoms with van der Waals surface area (Å²) in [6.45, 7) is 7.33. The molecule has 3 aromatic rings. The molecule has 1 fully saturated rings. The summed E-state index contributed by atoms with van der Waals surface area (Å²) >= 11 is 0. The predicted molar refractivity (Wildman–Crippen MR) is 154 cm³/mol. The van der Waals surface area contributed by atoms with Crippen molar-refractivity contribution in [3.8, 4) is 0 Å². The minimum absolute atomic E-state index is 0.0666. The second-order valence-corrected chi connectivity index (χ2v) is 14.8. The Morgan fingerprint density at radius 2 is 0.825 bits per heavy atom. The van der Waals surface area contributed by atoms with Crippen LogP contribution in [0.15, 0.2) is 87.5 Å². The van der Waals surface area contributed by atoms with Gasteiger partial charge in [-0.15, -0.1) is 0 Å². The number of nitrogens with one attached hydrogen (secondary N) is 1. The minimum atomic E-state index is -4.02. The molecule has 0 bridgehead atoms. The van der Waals surface area contributed by atoms with Gasteiger partial charge in [0.1, 0.15) is 0 Å². The molecule has 10 nitrogen and oxygen atoms in total. The molecule has 1 aliphatic heterocycles. The first-order valence-electron chi connectivity index (χ1n) is 12.6. The van der Waals surface area contributed by atoms with Gasteiger partial charge in [0.05, 0.1) is 14.7 Å². The molecule has 2 N–H and O–H groups in total. The average molecular weight is 610 g/mol. The number of benzene rings is 3. The lowest BCUT2D eigenvalue weighted by molar-refractivity contribution is 0.365. The number of sulfonamides is 2. The van der Waals surface area contributed by atoms with Crippen molar-refractivity contribution in [2.24, 2.45) is 0 Å². The Kier molecular flexibility index (Phi) is 10.6. The van der Waals surface area contributed by atoms with E-state index in [2.05, 4.69) is 5.32 Å². The molecule has 0 radical (unpaired) electrons. The minimum Gasteiger partial charge on any atom is -0.314 e. The van der Waals surface area contributed by atoms with Crippen LogP contribution in [-0.2, 0) is 30.2 Å². The van der Waals surface area contributed by atoms with Crippen LogP contribution in [0.4, 0.5) is 0 Å². The fourth-order valence-corrected chi connectivity index (χ4v) is 7.23. The molecule has 0 spiro atoms. The van der Waals surface area contributed by atoms with Crippen LogP contribution in [0, 0.1) is 20.8 Å². The Balaban J connectivity index is 0.000000336. The third-order valence-corrected chi connectivity index (χ3v) is 11.0. The van der Waals surface area contributed by atoms with E-state index in [-0.39, 0.29) is 40.9 Å². The SMILES string of the molecule is Cc1ccc(S(=O)(=O)N2CCNCCN(S(=O)(=O)c3ccc(C)cc3)CC2)cc1.Cc1ccc(S(=O)(=O)O)cc1. The van der Waals surface area contributed by atoms with E-state index in [1.165, 1.54) is 20.7 Å². The van der Waals surface area contributed by atoms with E-state index >= 15 is 0 Å². The summed E-state index contributed by atoms with van der Waals surface area (Å²) in [5, 5.41) is 3.14. The van der Waals surface area contributed by atoms with E-state index < -0.39 is 30.2 Å². The van der Waals surface area contributed by atoms with E-state index in [0.29, 0.717) is 13.1 Å². The summed E-state index contributed by atoms with van der Waals surface area (Å²) < 4.78 is 84.5. The van der Waals surface area contributed by atoms with Crippen LogP contribution >= 0.6 is 0 Å². The molecular formula is C27H35N3O7S3. The van der Waals surface area contributed by atoms with Crippen LogP contribution in [0.5, 0.6) is 0 Å². The lowest BCUT2D eigenvalue weighted by atomic mass is 10.2. The Hall–Kier alpha value is -2.65. The Morgan fingerprint density at radius 3 is 1.12 bits per heavy atom. The summed E-state index contributed by atoms with van der Waals surface area (Å²) in [6, 6.07) is 19.4. The highest BCUT2D eigenvalue weighted by molar-refractivity contribution is 7.89. The van der Waals surface area contributed by atoms with Gasteiger partial charge in [-0.2, -0.15) is 17.0 Å². The molecule has 1 aliphatic rings. The summed E-state index contributed by atoms with van der Waals surface area (Å²) in [5.41, 5.74) is 2.91. The largest absolute Gasteiger partial charge is 0.314 e. The van der Waals surface area contributed by atoms with E-state index in [1.54, 1.807) is 60.7 Å². The van der Waals surface area contributed by atoms with E-state index in [0.717, 1.165) is 16.7 Å². The molecule has 0 amide bonds. The Morgan fingerprint density at radius 1 is 0.525 bits per heavy atom. The van der Waals surface area contributed by atoms with Crippen molar-refractivity contribution in [3.63, 3.8) is 0 Å². The van der Waals surface area contributed by atoms with Crippen LogP contribution in [0.2, 0.25) is 0 Å². The maximum Gasteiger partial charge on any atom is 0.294 e. The molecule has 0 unspecified atom stereocenters. The zero-order valence-electron chi connectivity index (χ0n) is 22.7. The summed E-state index contributed by atoms with van der Waals surface area (Å²) in [7, 11) is -11.4. The molecular weight excluding hydrogens is 575 g/mol. The second kappa shape index (κ2) is 13.3. The average Bonchev–Trinajstić information content (AvgIpc) is 3.02. The monoisotopic (exact) mass is 609 g/mol. The molecule has 1 heterocycles. The van der Waals surface area contributed by atoms with Crippen LogP contribution in [0.25, 0.3) is 0 Å². The molecule has 13 heteroatoms. The number of hydrogen-bond acceptors (Lipinski definition) is 7. The van der Waals surface area contributed by atoms with Crippen LogP contribution in [0.1, 0.15) is 16.7 Å². The molecule has 1 saturated heterocycles. The van der Waals surface area contributed by atoms with Crippen molar-refractivity contribution >= 4 is 30.2 Å². The molecule has 4 rings (SSSR count). The number of aryl methyl sites for hydroxylation is 3. The number of rotatable bonds is 5. The molecule has 40 heavy (non-hydrogen) atoms. The van der Waals surface area contributed by atoms with Crippen molar-refractivity contribution in [2.45, 2.75) is 35.5 Å². The van der Waals surface area contributed by atoms with Crippen LogP contribution < -0.4 is 5.32 Å². The third kappa shape index (κ3) is 8.43. The fourth-order valence-electron chi connectivity index (χ4n) is 3.89. The van der Waals surface area contributed by atoms with Crippen LogP contribution in [-0.4, -0.2) is 77.7 Å². The van der Waals surface area contributed by atoms with Crippen molar-refractivity contribution in [3.05, 3.63) is 89.5 Å². The molecule has 0 aliphatic carbocycles. The zero-order chi connectivity index (χ0) is 29.6. The van der Waals surface area contributed by atoms with Crippen molar-refractivity contribution in [1.82, 2.24) is 13.9 Å². The first-order chi connectivity index (χ1) is 18.7. The Labute approximate surface area is 237 Å². The van der Waals surface area contributed by atoms with Crippen LogP contribution in [0.3, 0.4) is 0 Å². The van der Waals surface area contributed by atoms with Gasteiger partial charge in [0.25, 0.3) is 10.1 Å². The smallest absolute Gasteiger partial charge is 0.294 e. The lowest BCUT2D eigenvalue weighted by Gasteiger charge is -2.25. The summed E-state index contributed by atoms with van der Waals surface area (Å²) in [6.07, 6.45) is 0. The van der Waals surface area contributed by atoms with Gasteiger partial charge in [-0.05, 0) is 57.2 Å². The van der Waals surface area contributed by atoms with E-state index in [9.17, 15) is 25.3 Å². The third-order valence-electron chi connectivity index (χ3n) is 6.31. The topological polar surface area (TPSA) is 141 Å². The van der Waals surface area contributed by atoms with E-state index in [1.807, 2.05) is 20.8 Å². The highest BCUT2D eigenvalue weighted by Gasteiger charge is 2.29. The van der Waals surface area contributed by atoms with Crippen molar-refractivity contribution in [1.29, 1.82) is 0 Å². The van der Waals surface area contributed by atoms with Crippen molar-refractivity contribution < 1.29 is 29.8 Å². The quantitative estimate of drug-likeness (QED) is 0.421. The lowest BCUT2D eigenvalue weighted by Crippen LogP contribution is -2.41. The first-order valence-corrected chi connectivity index (χ1v) is 16.9. The normalized spacial score (nSPS) is 16.2. The number of nitrogens with zero attached hydrogens (tertiary/aromatic N) is 2. The van der Waals surface area contributed by atoms with Gasteiger partial charge in [-0.3, -0.25) is 4.55 Å². The van der Waals surface area contributed by atoms with E-state index in [4.69, 9.17) is 4.55 Å². The standard InChI is InChI=1S/C20H27N3O4S2.C7H8O3S/c1-17-3-7-19(8-4-17)28(24,25)22-13-11-21-12-14-23(16-15-22)29(26,27)20-9-5-18(2)6-10-20;1-6-2-4-7(5-3-6)11(8,9)10/h3-10,21H,11-16H2,1-2H3;2-5H,1H3,(H,8,9,10). The fraction of sp³-hybridized carbons (Fsp3) is 0.333. The zero-order valence-corrected chi connectivity index (χ0v) is 25.1. The van der Waals surface area contributed by atoms with Crippen molar-refractivity contribution in [2.75, 3.05) is 39.3 Å². The highest BCUT2D eigenvalue weighted by Crippen LogP contribution is 2.19. The second-order valence-electron chi connectivity index (χ2n) is 9.47. The summed E-state index contributed by atoms with van der Waals surface area (Å²) in [4.78, 5) is 0.369. The number of hydrogen-bond donors (Lipinski definition) is 2. The van der Waals surface area contributed by atoms with Gasteiger partial charge in [0.2, 0.25) is 20.0 Å².